The Kier molecular flexibility index (Phi) is 4.14. The zero-order chi connectivity index (χ0) is 14.6. The van der Waals surface area contributed by atoms with E-state index in [1.165, 1.54) is 6.07 Å². The number of hydrogen-bond acceptors (Lipinski definition) is 3. The van der Waals surface area contributed by atoms with Crippen LogP contribution in [0.5, 0.6) is 17.2 Å². The quantitative estimate of drug-likeness (QED) is 0.926. The van der Waals surface area contributed by atoms with Crippen molar-refractivity contribution in [2.75, 3.05) is 0 Å². The van der Waals surface area contributed by atoms with Gasteiger partial charge < -0.3 is 14.6 Å². The molecule has 2 rings (SSSR count). The molecule has 0 heterocycles. The van der Waals surface area contributed by atoms with Crippen molar-refractivity contribution in [3.8, 4) is 17.2 Å². The number of hydrogen-bond donors (Lipinski definition) is 1. The van der Waals surface area contributed by atoms with E-state index in [0.717, 1.165) is 12.1 Å². The average molecular weight is 284 g/mol. The fourth-order valence-electron chi connectivity index (χ4n) is 1.57. The summed E-state index contributed by atoms with van der Waals surface area (Å²) in [6.07, 6.45) is -4.77. The molecular formula is C14H11F3O3. The smallest absolute Gasteiger partial charge is 0.457 e. The Morgan fingerprint density at radius 2 is 1.65 bits per heavy atom. The molecule has 0 radical (unpaired) electrons. The second-order valence-electron chi connectivity index (χ2n) is 3.89. The molecule has 0 saturated heterocycles. The van der Waals surface area contributed by atoms with Gasteiger partial charge in [0.1, 0.15) is 17.2 Å². The lowest BCUT2D eigenvalue weighted by molar-refractivity contribution is -0.274. The van der Waals surface area contributed by atoms with Gasteiger partial charge in [-0.2, -0.15) is 0 Å². The van der Waals surface area contributed by atoms with Gasteiger partial charge >= 0.3 is 6.36 Å². The zero-order valence-electron chi connectivity index (χ0n) is 10.2. The lowest BCUT2D eigenvalue weighted by atomic mass is 10.2. The summed E-state index contributed by atoms with van der Waals surface area (Å²) in [6, 6.07) is 12.1. The lowest BCUT2D eigenvalue weighted by Gasteiger charge is -2.13. The molecule has 0 amide bonds. The first-order valence-corrected chi connectivity index (χ1v) is 5.70. The number of benzene rings is 2. The van der Waals surface area contributed by atoms with E-state index in [1.807, 2.05) is 0 Å². The van der Waals surface area contributed by atoms with Gasteiger partial charge in [-0.15, -0.1) is 13.2 Å². The van der Waals surface area contributed by atoms with Crippen molar-refractivity contribution in [3.05, 3.63) is 54.1 Å². The standard InChI is InChI=1S/C14H11F3O3/c15-14(16,17)20-12-7-6-10(9-18)13(8-12)19-11-4-2-1-3-5-11/h1-8,18H,9H2. The van der Waals surface area contributed by atoms with Crippen molar-refractivity contribution in [1.29, 1.82) is 0 Å². The predicted molar refractivity (Wildman–Crippen MR) is 65.6 cm³/mol. The van der Waals surface area contributed by atoms with Gasteiger partial charge in [0.15, 0.2) is 0 Å². The second kappa shape index (κ2) is 5.83. The first kappa shape index (κ1) is 14.2. The molecule has 0 bridgehead atoms. The predicted octanol–water partition coefficient (Wildman–Crippen LogP) is 3.87. The molecule has 3 nitrogen and oxygen atoms in total. The summed E-state index contributed by atoms with van der Waals surface area (Å²) in [5.74, 6) is 0.160. The number of rotatable bonds is 4. The van der Waals surface area contributed by atoms with Crippen LogP contribution in [-0.2, 0) is 6.61 Å². The highest BCUT2D eigenvalue weighted by atomic mass is 19.4. The van der Waals surface area contributed by atoms with E-state index >= 15 is 0 Å². The minimum absolute atomic E-state index is 0.112. The highest BCUT2D eigenvalue weighted by Gasteiger charge is 2.31. The maximum absolute atomic E-state index is 12.2. The number of halogens is 3. The minimum atomic E-state index is -4.77. The van der Waals surface area contributed by atoms with Gasteiger partial charge in [0.2, 0.25) is 0 Å². The van der Waals surface area contributed by atoms with Crippen LogP contribution in [0, 0.1) is 0 Å². The first-order chi connectivity index (χ1) is 9.48. The Morgan fingerprint density at radius 1 is 0.950 bits per heavy atom. The molecule has 0 aliphatic heterocycles. The normalized spacial score (nSPS) is 11.2. The molecule has 0 aliphatic carbocycles. The van der Waals surface area contributed by atoms with Crippen molar-refractivity contribution in [2.45, 2.75) is 13.0 Å². The summed E-state index contributed by atoms with van der Waals surface area (Å²) in [5.41, 5.74) is 0.364. The molecule has 0 aliphatic rings. The third kappa shape index (κ3) is 3.89. The number of para-hydroxylation sites is 1. The Bertz CT molecular complexity index is 568. The monoisotopic (exact) mass is 284 g/mol. The van der Waals surface area contributed by atoms with Crippen LogP contribution in [0.15, 0.2) is 48.5 Å². The summed E-state index contributed by atoms with van der Waals surface area (Å²) >= 11 is 0. The van der Waals surface area contributed by atoms with Gasteiger partial charge in [-0.3, -0.25) is 0 Å². The molecular weight excluding hydrogens is 273 g/mol. The van der Waals surface area contributed by atoms with E-state index < -0.39 is 12.1 Å². The van der Waals surface area contributed by atoms with Crippen LogP contribution in [-0.4, -0.2) is 11.5 Å². The molecule has 0 saturated carbocycles. The largest absolute Gasteiger partial charge is 0.573 e. The van der Waals surface area contributed by atoms with Crippen molar-refractivity contribution < 1.29 is 27.8 Å². The van der Waals surface area contributed by atoms with E-state index in [4.69, 9.17) is 4.74 Å². The van der Waals surface area contributed by atoms with Crippen LogP contribution < -0.4 is 9.47 Å². The Labute approximate surface area is 113 Å². The van der Waals surface area contributed by atoms with E-state index in [-0.39, 0.29) is 12.4 Å². The Hall–Kier alpha value is -2.21. The van der Waals surface area contributed by atoms with Crippen LogP contribution in [0.4, 0.5) is 13.2 Å². The highest BCUT2D eigenvalue weighted by Crippen LogP contribution is 2.32. The number of ether oxygens (including phenoxy) is 2. The van der Waals surface area contributed by atoms with E-state index in [0.29, 0.717) is 11.3 Å². The van der Waals surface area contributed by atoms with Gasteiger partial charge in [0, 0.05) is 11.6 Å². The first-order valence-electron chi connectivity index (χ1n) is 5.70. The maximum atomic E-state index is 12.2. The van der Waals surface area contributed by atoms with Crippen LogP contribution in [0.25, 0.3) is 0 Å². The average Bonchev–Trinajstić information content (AvgIpc) is 2.38. The third-order valence-corrected chi connectivity index (χ3v) is 2.41. The molecule has 20 heavy (non-hydrogen) atoms. The van der Waals surface area contributed by atoms with E-state index in [2.05, 4.69) is 4.74 Å². The van der Waals surface area contributed by atoms with Crippen molar-refractivity contribution in [1.82, 2.24) is 0 Å². The summed E-state index contributed by atoms with van der Waals surface area (Å²) in [6.45, 7) is -0.353. The van der Waals surface area contributed by atoms with Crippen LogP contribution in [0.3, 0.4) is 0 Å². The second-order valence-corrected chi connectivity index (χ2v) is 3.89. The highest BCUT2D eigenvalue weighted by molar-refractivity contribution is 5.43. The topological polar surface area (TPSA) is 38.7 Å². The molecule has 0 aromatic heterocycles. The van der Waals surface area contributed by atoms with Crippen LogP contribution in [0.2, 0.25) is 0 Å². The number of aliphatic hydroxyl groups excluding tert-OH is 1. The Morgan fingerprint density at radius 3 is 2.25 bits per heavy atom. The molecule has 0 spiro atoms. The summed E-state index contributed by atoms with van der Waals surface area (Å²) < 4.78 is 45.8. The maximum Gasteiger partial charge on any atom is 0.573 e. The van der Waals surface area contributed by atoms with Gasteiger partial charge in [0.05, 0.1) is 6.61 Å². The molecule has 0 atom stereocenters. The third-order valence-electron chi connectivity index (χ3n) is 2.41. The molecule has 6 heteroatoms. The summed E-state index contributed by atoms with van der Waals surface area (Å²) in [7, 11) is 0. The van der Waals surface area contributed by atoms with E-state index in [1.54, 1.807) is 30.3 Å². The fourth-order valence-corrected chi connectivity index (χ4v) is 1.57. The van der Waals surface area contributed by atoms with Crippen LogP contribution >= 0.6 is 0 Å². The summed E-state index contributed by atoms with van der Waals surface area (Å²) in [4.78, 5) is 0. The molecule has 0 fully saturated rings. The van der Waals surface area contributed by atoms with E-state index in [9.17, 15) is 18.3 Å². The molecule has 0 unspecified atom stereocenters. The zero-order valence-corrected chi connectivity index (χ0v) is 10.2. The molecule has 106 valence electrons. The fraction of sp³-hybridized carbons (Fsp3) is 0.143. The number of aliphatic hydroxyl groups is 1. The minimum Gasteiger partial charge on any atom is -0.457 e. The molecule has 2 aromatic rings. The van der Waals surface area contributed by atoms with Gasteiger partial charge in [-0.05, 0) is 24.3 Å². The van der Waals surface area contributed by atoms with Crippen molar-refractivity contribution in [3.63, 3.8) is 0 Å². The van der Waals surface area contributed by atoms with Gasteiger partial charge in [-0.1, -0.05) is 18.2 Å². The van der Waals surface area contributed by atoms with Gasteiger partial charge in [-0.25, -0.2) is 0 Å². The Balaban J connectivity index is 2.27. The van der Waals surface area contributed by atoms with Crippen molar-refractivity contribution >= 4 is 0 Å². The van der Waals surface area contributed by atoms with Gasteiger partial charge in [0.25, 0.3) is 0 Å². The SMILES string of the molecule is OCc1ccc(OC(F)(F)F)cc1Oc1ccccc1. The van der Waals surface area contributed by atoms with Crippen molar-refractivity contribution in [2.24, 2.45) is 0 Å². The number of alkyl halides is 3. The summed E-state index contributed by atoms with van der Waals surface area (Å²) in [5, 5.41) is 9.18. The lowest BCUT2D eigenvalue weighted by Crippen LogP contribution is -2.17. The van der Waals surface area contributed by atoms with Crippen LogP contribution in [0.1, 0.15) is 5.56 Å². The molecule has 2 aromatic carbocycles. The molecule has 1 N–H and O–H groups in total.